The van der Waals surface area contributed by atoms with Crippen LogP contribution in [0.3, 0.4) is 0 Å². The van der Waals surface area contributed by atoms with Gasteiger partial charge in [0.1, 0.15) is 18.0 Å². The maximum absolute atomic E-state index is 11.6. The van der Waals surface area contributed by atoms with Crippen LogP contribution in [-0.4, -0.2) is 22.3 Å². The Balaban J connectivity index is 1.88. The lowest BCUT2D eigenvalue weighted by atomic mass is 10.1. The van der Waals surface area contributed by atoms with Crippen molar-refractivity contribution < 1.29 is 4.79 Å². The Hall–Kier alpha value is -3.21. The molecule has 0 fully saturated rings. The van der Waals surface area contributed by atoms with Gasteiger partial charge >= 0.3 is 0 Å². The number of ketones is 1. The lowest BCUT2D eigenvalue weighted by molar-refractivity contribution is 0.101. The van der Waals surface area contributed by atoms with E-state index in [4.69, 9.17) is 0 Å². The average Bonchev–Trinajstić information content (AvgIpc) is 2.63. The third kappa shape index (κ3) is 4.06. The first-order chi connectivity index (χ1) is 12.6. The maximum Gasteiger partial charge on any atom is 0.159 e. The van der Waals surface area contributed by atoms with Crippen LogP contribution in [0, 0.1) is 6.92 Å². The molecule has 3 rings (SSSR count). The molecule has 0 saturated heterocycles. The minimum absolute atomic E-state index is 0.0358. The van der Waals surface area contributed by atoms with E-state index in [-0.39, 0.29) is 5.78 Å². The number of Topliss-reactive ketones (excluding diaryl/α,β-unsaturated/α-hetero) is 1. The van der Waals surface area contributed by atoms with E-state index in [9.17, 15) is 4.79 Å². The third-order valence-electron chi connectivity index (χ3n) is 4.10. The first-order valence-corrected chi connectivity index (χ1v) is 8.61. The molecule has 0 bridgehead atoms. The molecule has 0 aliphatic rings. The molecule has 26 heavy (non-hydrogen) atoms. The van der Waals surface area contributed by atoms with E-state index in [1.54, 1.807) is 19.3 Å². The Labute approximate surface area is 153 Å². The van der Waals surface area contributed by atoms with E-state index < -0.39 is 0 Å². The molecule has 1 N–H and O–H groups in total. The molecule has 0 spiro atoms. The summed E-state index contributed by atoms with van der Waals surface area (Å²) in [7, 11) is 0. The number of carbonyl (C=O) groups excluding carboxylic acids is 1. The third-order valence-corrected chi connectivity index (χ3v) is 4.10. The summed E-state index contributed by atoms with van der Waals surface area (Å²) in [6.45, 7) is 6.52. The van der Waals surface area contributed by atoms with E-state index >= 15 is 0 Å². The molecular formula is C21H22N4O. The molecule has 0 unspecified atom stereocenters. The van der Waals surface area contributed by atoms with Gasteiger partial charge in [-0.25, -0.2) is 9.97 Å². The van der Waals surface area contributed by atoms with Gasteiger partial charge in [-0.1, -0.05) is 24.3 Å². The molecule has 1 aromatic heterocycles. The fourth-order valence-corrected chi connectivity index (χ4v) is 2.80. The molecule has 3 aromatic rings. The second-order valence-corrected chi connectivity index (χ2v) is 6.11. The number of hydrogen-bond donors (Lipinski definition) is 1. The molecule has 0 radical (unpaired) electrons. The first-order valence-electron chi connectivity index (χ1n) is 8.61. The molecule has 0 amide bonds. The predicted octanol–water partition coefficient (Wildman–Crippen LogP) is 4.89. The van der Waals surface area contributed by atoms with Crippen LogP contribution in [0.1, 0.15) is 29.8 Å². The Morgan fingerprint density at radius 2 is 1.88 bits per heavy atom. The number of hydrogen-bond acceptors (Lipinski definition) is 5. The van der Waals surface area contributed by atoms with E-state index in [1.807, 2.05) is 30.3 Å². The number of nitrogens with one attached hydrogen (secondary N) is 1. The number of carbonyl (C=O) groups is 1. The van der Waals surface area contributed by atoms with Crippen molar-refractivity contribution in [3.8, 4) is 0 Å². The summed E-state index contributed by atoms with van der Waals surface area (Å²) in [6, 6.07) is 17.6. The number of benzene rings is 2. The maximum atomic E-state index is 11.6. The van der Waals surface area contributed by atoms with Gasteiger partial charge in [-0.2, -0.15) is 0 Å². The van der Waals surface area contributed by atoms with Crippen LogP contribution in [0.5, 0.6) is 0 Å². The molecule has 0 aliphatic heterocycles. The molecule has 5 nitrogen and oxygen atoms in total. The van der Waals surface area contributed by atoms with Gasteiger partial charge in [-0.05, 0) is 50.6 Å². The Morgan fingerprint density at radius 3 is 2.62 bits per heavy atom. The zero-order chi connectivity index (χ0) is 18.5. The summed E-state index contributed by atoms with van der Waals surface area (Å²) in [6.07, 6.45) is 1.55. The lowest BCUT2D eigenvalue weighted by Gasteiger charge is -2.22. The van der Waals surface area contributed by atoms with Crippen molar-refractivity contribution in [1.82, 2.24) is 9.97 Å². The highest BCUT2D eigenvalue weighted by atomic mass is 16.1. The minimum atomic E-state index is 0.0358. The van der Waals surface area contributed by atoms with Gasteiger partial charge in [-0.3, -0.25) is 4.79 Å². The minimum Gasteiger partial charge on any atom is -0.340 e. The van der Waals surface area contributed by atoms with Crippen LogP contribution in [0.4, 0.5) is 23.0 Å². The molecular weight excluding hydrogens is 324 g/mol. The number of nitrogens with zero attached hydrogens (tertiary/aromatic N) is 3. The molecule has 2 aromatic carbocycles. The van der Waals surface area contributed by atoms with E-state index in [2.05, 4.69) is 52.2 Å². The summed E-state index contributed by atoms with van der Waals surface area (Å²) in [5.74, 6) is 1.54. The van der Waals surface area contributed by atoms with Gasteiger partial charge in [0, 0.05) is 29.5 Å². The van der Waals surface area contributed by atoms with Crippen molar-refractivity contribution in [2.45, 2.75) is 20.8 Å². The van der Waals surface area contributed by atoms with Gasteiger partial charge in [0.05, 0.1) is 0 Å². The Bertz CT molecular complexity index is 923. The van der Waals surface area contributed by atoms with Crippen LogP contribution in [0.2, 0.25) is 0 Å². The normalized spacial score (nSPS) is 10.4. The Morgan fingerprint density at radius 1 is 1.08 bits per heavy atom. The molecule has 132 valence electrons. The van der Waals surface area contributed by atoms with Gasteiger partial charge < -0.3 is 10.2 Å². The highest BCUT2D eigenvalue weighted by Gasteiger charge is 2.10. The van der Waals surface area contributed by atoms with Crippen LogP contribution >= 0.6 is 0 Å². The van der Waals surface area contributed by atoms with Crippen molar-refractivity contribution in [3.05, 3.63) is 72.1 Å². The van der Waals surface area contributed by atoms with Gasteiger partial charge in [0.2, 0.25) is 0 Å². The summed E-state index contributed by atoms with van der Waals surface area (Å²) in [5.41, 5.74) is 3.78. The highest BCUT2D eigenvalue weighted by molar-refractivity contribution is 5.95. The van der Waals surface area contributed by atoms with Crippen molar-refractivity contribution >= 4 is 28.8 Å². The van der Waals surface area contributed by atoms with E-state index in [1.165, 1.54) is 5.56 Å². The van der Waals surface area contributed by atoms with Gasteiger partial charge in [-0.15, -0.1) is 0 Å². The zero-order valence-corrected chi connectivity index (χ0v) is 15.2. The first kappa shape index (κ1) is 17.6. The molecule has 1 heterocycles. The van der Waals surface area contributed by atoms with Gasteiger partial charge in [0.15, 0.2) is 5.78 Å². The summed E-state index contributed by atoms with van der Waals surface area (Å²) in [4.78, 5) is 22.4. The zero-order valence-electron chi connectivity index (χ0n) is 15.2. The standard InChI is InChI=1S/C21H22N4O/c1-4-25(19-10-5-7-15(2)11-19)21-13-20(22-14-23-21)24-18-9-6-8-17(12-18)16(3)26/h5-14H,4H2,1-3H3,(H,22,23,24). The van der Waals surface area contributed by atoms with Crippen LogP contribution in [-0.2, 0) is 0 Å². The smallest absolute Gasteiger partial charge is 0.159 e. The predicted molar refractivity (Wildman–Crippen MR) is 106 cm³/mol. The Kier molecular flexibility index (Phi) is 5.27. The van der Waals surface area contributed by atoms with Crippen LogP contribution in [0.15, 0.2) is 60.9 Å². The number of aromatic nitrogens is 2. The molecule has 0 atom stereocenters. The summed E-state index contributed by atoms with van der Waals surface area (Å²) < 4.78 is 0. The van der Waals surface area contributed by atoms with E-state index in [0.29, 0.717) is 11.4 Å². The monoisotopic (exact) mass is 346 g/mol. The number of rotatable bonds is 6. The van der Waals surface area contributed by atoms with Crippen molar-refractivity contribution in [1.29, 1.82) is 0 Å². The average molecular weight is 346 g/mol. The molecule has 0 aliphatic carbocycles. The van der Waals surface area contributed by atoms with Crippen molar-refractivity contribution in [3.63, 3.8) is 0 Å². The van der Waals surface area contributed by atoms with Crippen LogP contribution in [0.25, 0.3) is 0 Å². The largest absolute Gasteiger partial charge is 0.340 e. The summed E-state index contributed by atoms with van der Waals surface area (Å²) in [5, 5.41) is 3.25. The highest BCUT2D eigenvalue weighted by Crippen LogP contribution is 2.26. The second-order valence-electron chi connectivity index (χ2n) is 6.11. The molecule has 5 heteroatoms. The van der Waals surface area contributed by atoms with E-state index in [0.717, 1.165) is 23.7 Å². The van der Waals surface area contributed by atoms with Crippen LogP contribution < -0.4 is 10.2 Å². The SMILES string of the molecule is CCN(c1cccc(C)c1)c1cc(Nc2cccc(C(C)=O)c2)ncn1. The van der Waals surface area contributed by atoms with Crippen molar-refractivity contribution in [2.24, 2.45) is 0 Å². The molecule has 0 saturated carbocycles. The van der Waals surface area contributed by atoms with Gasteiger partial charge in [0.25, 0.3) is 0 Å². The fourth-order valence-electron chi connectivity index (χ4n) is 2.80. The lowest BCUT2D eigenvalue weighted by Crippen LogP contribution is -2.17. The van der Waals surface area contributed by atoms with Crippen molar-refractivity contribution in [2.75, 3.05) is 16.8 Å². The summed E-state index contributed by atoms with van der Waals surface area (Å²) >= 11 is 0. The topological polar surface area (TPSA) is 58.1 Å². The second kappa shape index (κ2) is 7.78. The fraction of sp³-hybridized carbons (Fsp3) is 0.190. The number of aryl methyl sites for hydroxylation is 1. The number of anilines is 4. The quantitative estimate of drug-likeness (QED) is 0.644.